The lowest BCUT2D eigenvalue weighted by atomic mass is 10.2. The number of hydrogen-bond donors (Lipinski definition) is 1. The number of carbonyl (C=O) groups excluding carboxylic acids is 1. The van der Waals surface area contributed by atoms with Crippen LogP contribution in [0.2, 0.25) is 0 Å². The van der Waals surface area contributed by atoms with Gasteiger partial charge in [-0.2, -0.15) is 9.41 Å². The molecule has 0 bridgehead atoms. The molecule has 9 heteroatoms. The van der Waals surface area contributed by atoms with Gasteiger partial charge in [0.15, 0.2) is 0 Å². The zero-order valence-electron chi connectivity index (χ0n) is 16.8. The number of aromatic nitrogens is 1. The van der Waals surface area contributed by atoms with E-state index in [0.717, 1.165) is 9.87 Å². The summed E-state index contributed by atoms with van der Waals surface area (Å²) in [6, 6.07) is 15.5. The van der Waals surface area contributed by atoms with Gasteiger partial charge in [0.2, 0.25) is 10.0 Å². The molecule has 0 aliphatic heterocycles. The Labute approximate surface area is 180 Å². The van der Waals surface area contributed by atoms with Gasteiger partial charge in [-0.15, -0.1) is 0 Å². The van der Waals surface area contributed by atoms with Crippen molar-refractivity contribution in [1.29, 1.82) is 0 Å². The predicted molar refractivity (Wildman–Crippen MR) is 115 cm³/mol. The number of hydrazone groups is 1. The second-order valence-corrected chi connectivity index (χ2v) is 8.69. The Bertz CT molecular complexity index is 1170. The number of sulfonamides is 1. The minimum atomic E-state index is -4.06. The Morgan fingerprint density at radius 1 is 1.10 bits per heavy atom. The second-order valence-electron chi connectivity index (χ2n) is 6.75. The van der Waals surface area contributed by atoms with Gasteiger partial charge in [-0.25, -0.2) is 18.2 Å². The number of benzene rings is 2. The van der Waals surface area contributed by atoms with Crippen molar-refractivity contribution in [3.05, 3.63) is 95.6 Å². The Morgan fingerprint density at radius 2 is 1.77 bits per heavy atom. The molecule has 1 N–H and O–H groups in total. The summed E-state index contributed by atoms with van der Waals surface area (Å²) in [7, 11) is -4.06. The van der Waals surface area contributed by atoms with Crippen molar-refractivity contribution in [3.63, 3.8) is 0 Å². The van der Waals surface area contributed by atoms with Gasteiger partial charge < -0.3 is 0 Å². The Hall–Kier alpha value is -3.43. The maximum atomic E-state index is 14.2. The van der Waals surface area contributed by atoms with Crippen molar-refractivity contribution >= 4 is 22.1 Å². The number of amides is 1. The topological polar surface area (TPSA) is 91.7 Å². The lowest BCUT2D eigenvalue weighted by Crippen LogP contribution is -2.39. The van der Waals surface area contributed by atoms with Crippen LogP contribution < -0.4 is 5.43 Å². The average Bonchev–Trinajstić information content (AvgIpc) is 2.76. The molecular formula is C22H21FN4O3S. The highest BCUT2D eigenvalue weighted by Gasteiger charge is 2.27. The first-order chi connectivity index (χ1) is 14.9. The molecule has 3 aromatic rings. The van der Waals surface area contributed by atoms with E-state index < -0.39 is 28.3 Å². The molecule has 0 aliphatic carbocycles. The number of nitrogens with zero attached hydrogens (tertiary/aromatic N) is 3. The number of carbonyl (C=O) groups is 1. The molecule has 0 aliphatic rings. The predicted octanol–water partition coefficient (Wildman–Crippen LogP) is 2.87. The first kappa shape index (κ1) is 22.3. The SMILES string of the molecule is Cc1ccc(S(=O)(=O)N(CC(=O)N/N=C/c2ccncc2)Cc2ccccc2F)cc1. The van der Waals surface area contributed by atoms with Gasteiger partial charge >= 0.3 is 0 Å². The molecule has 1 heterocycles. The van der Waals surface area contributed by atoms with Crippen LogP contribution in [0.25, 0.3) is 0 Å². The monoisotopic (exact) mass is 440 g/mol. The quantitative estimate of drug-likeness (QED) is 0.431. The number of nitrogens with one attached hydrogen (secondary N) is 1. The van der Waals surface area contributed by atoms with Gasteiger partial charge in [0.1, 0.15) is 5.82 Å². The van der Waals surface area contributed by atoms with E-state index in [0.29, 0.717) is 5.56 Å². The lowest BCUT2D eigenvalue weighted by molar-refractivity contribution is -0.121. The number of halogens is 1. The summed E-state index contributed by atoms with van der Waals surface area (Å²) >= 11 is 0. The Morgan fingerprint density at radius 3 is 2.45 bits per heavy atom. The molecule has 0 atom stereocenters. The van der Waals surface area contributed by atoms with Crippen LogP contribution in [-0.2, 0) is 21.4 Å². The van der Waals surface area contributed by atoms with Crippen molar-refractivity contribution in [2.75, 3.05) is 6.54 Å². The lowest BCUT2D eigenvalue weighted by Gasteiger charge is -2.22. The van der Waals surface area contributed by atoms with Crippen LogP contribution in [0.15, 0.2) is 83.1 Å². The fraction of sp³-hybridized carbons (Fsp3) is 0.136. The normalized spacial score (nSPS) is 11.7. The summed E-state index contributed by atoms with van der Waals surface area (Å²) < 4.78 is 41.4. The minimum Gasteiger partial charge on any atom is -0.272 e. The summed E-state index contributed by atoms with van der Waals surface area (Å²) in [5.41, 5.74) is 4.07. The highest BCUT2D eigenvalue weighted by molar-refractivity contribution is 7.89. The summed E-state index contributed by atoms with van der Waals surface area (Å²) in [5, 5.41) is 3.84. The van der Waals surface area contributed by atoms with Crippen LogP contribution in [0.5, 0.6) is 0 Å². The Balaban J connectivity index is 1.81. The van der Waals surface area contributed by atoms with E-state index in [2.05, 4.69) is 15.5 Å². The smallest absolute Gasteiger partial charge is 0.255 e. The molecular weight excluding hydrogens is 419 g/mol. The first-order valence-corrected chi connectivity index (χ1v) is 10.8. The third-order valence-electron chi connectivity index (χ3n) is 4.39. The van der Waals surface area contributed by atoms with Crippen molar-refractivity contribution in [2.45, 2.75) is 18.4 Å². The maximum absolute atomic E-state index is 14.2. The largest absolute Gasteiger partial charge is 0.272 e. The van der Waals surface area contributed by atoms with E-state index in [1.807, 2.05) is 6.92 Å². The molecule has 0 unspecified atom stereocenters. The molecule has 3 rings (SSSR count). The summed E-state index contributed by atoms with van der Waals surface area (Å²) in [5.74, 6) is -1.21. The third kappa shape index (κ3) is 6.03. The van der Waals surface area contributed by atoms with Crippen LogP contribution in [0.3, 0.4) is 0 Å². The molecule has 1 amide bonds. The molecule has 7 nitrogen and oxygen atoms in total. The van der Waals surface area contributed by atoms with Crippen LogP contribution in [0.1, 0.15) is 16.7 Å². The van der Waals surface area contributed by atoms with E-state index in [1.165, 1.54) is 36.5 Å². The van der Waals surface area contributed by atoms with E-state index in [9.17, 15) is 17.6 Å². The van der Waals surface area contributed by atoms with Gasteiger partial charge in [0.05, 0.1) is 17.7 Å². The summed E-state index contributed by atoms with van der Waals surface area (Å²) in [6.45, 7) is 1.00. The molecule has 0 saturated heterocycles. The average molecular weight is 441 g/mol. The molecule has 0 radical (unpaired) electrons. The van der Waals surface area contributed by atoms with Gasteiger partial charge in [0.25, 0.3) is 5.91 Å². The van der Waals surface area contributed by atoms with E-state index >= 15 is 0 Å². The first-order valence-electron chi connectivity index (χ1n) is 9.38. The molecule has 160 valence electrons. The standard InChI is InChI=1S/C22H21FN4O3S/c1-17-6-8-20(9-7-17)31(29,30)27(15-19-4-2-3-5-21(19)23)16-22(28)26-25-14-18-10-12-24-13-11-18/h2-14H,15-16H2,1H3,(H,26,28)/b25-14+. The van der Waals surface area contributed by atoms with E-state index in [4.69, 9.17) is 0 Å². The van der Waals surface area contributed by atoms with Crippen LogP contribution >= 0.6 is 0 Å². The molecule has 1 aromatic heterocycles. The highest BCUT2D eigenvalue weighted by Crippen LogP contribution is 2.20. The van der Waals surface area contributed by atoms with Gasteiger partial charge in [-0.3, -0.25) is 9.78 Å². The number of rotatable bonds is 8. The number of hydrogen-bond acceptors (Lipinski definition) is 5. The van der Waals surface area contributed by atoms with Crippen molar-refractivity contribution in [2.24, 2.45) is 5.10 Å². The fourth-order valence-corrected chi connectivity index (χ4v) is 4.10. The molecule has 0 saturated carbocycles. The highest BCUT2D eigenvalue weighted by atomic mass is 32.2. The summed E-state index contributed by atoms with van der Waals surface area (Å²) in [6.07, 6.45) is 4.57. The summed E-state index contributed by atoms with van der Waals surface area (Å²) in [4.78, 5) is 16.3. The van der Waals surface area contributed by atoms with Gasteiger partial charge in [0, 0.05) is 24.5 Å². The van der Waals surface area contributed by atoms with Crippen molar-refractivity contribution in [3.8, 4) is 0 Å². The minimum absolute atomic E-state index is 0.0162. The molecule has 0 spiro atoms. The Kier molecular flexibility index (Phi) is 7.22. The zero-order valence-corrected chi connectivity index (χ0v) is 17.6. The zero-order chi connectivity index (χ0) is 22.3. The van der Waals surface area contributed by atoms with Crippen molar-refractivity contribution < 1.29 is 17.6 Å². The van der Waals surface area contributed by atoms with E-state index in [-0.39, 0.29) is 17.0 Å². The molecule has 0 fully saturated rings. The van der Waals surface area contributed by atoms with Gasteiger partial charge in [-0.1, -0.05) is 35.9 Å². The number of pyridine rings is 1. The van der Waals surface area contributed by atoms with Crippen LogP contribution in [0, 0.1) is 12.7 Å². The third-order valence-corrected chi connectivity index (χ3v) is 6.20. The van der Waals surface area contributed by atoms with Gasteiger partial charge in [-0.05, 0) is 42.8 Å². The van der Waals surface area contributed by atoms with Crippen LogP contribution in [-0.4, -0.2) is 36.4 Å². The fourth-order valence-electron chi connectivity index (χ4n) is 2.73. The molecule has 31 heavy (non-hydrogen) atoms. The van der Waals surface area contributed by atoms with Crippen LogP contribution in [0.4, 0.5) is 4.39 Å². The van der Waals surface area contributed by atoms with Crippen molar-refractivity contribution in [1.82, 2.24) is 14.7 Å². The molecule has 2 aromatic carbocycles. The maximum Gasteiger partial charge on any atom is 0.255 e. The number of aryl methyl sites for hydroxylation is 1. The second kappa shape index (κ2) is 10.1. The van der Waals surface area contributed by atoms with E-state index in [1.54, 1.807) is 42.7 Å².